The van der Waals surface area contributed by atoms with Gasteiger partial charge in [0.05, 0.1) is 10.9 Å². The molecule has 0 saturated heterocycles. The maximum atomic E-state index is 12.6. The first-order valence-corrected chi connectivity index (χ1v) is 9.75. The fraction of sp³-hybridized carbons (Fsp3) is 0.150. The van der Waals surface area contributed by atoms with Crippen molar-refractivity contribution in [3.8, 4) is 0 Å². The molecule has 1 atom stereocenters. The molecule has 3 rings (SSSR count). The Labute approximate surface area is 155 Å². The lowest BCUT2D eigenvalue weighted by Gasteiger charge is -2.15. The van der Waals surface area contributed by atoms with Gasteiger partial charge in [0.25, 0.3) is 5.91 Å². The first-order chi connectivity index (χ1) is 12.8. The molecule has 1 N–H and O–H groups in total. The van der Waals surface area contributed by atoms with Crippen LogP contribution in [0.3, 0.4) is 0 Å². The highest BCUT2D eigenvalue weighted by Gasteiger charge is 2.26. The summed E-state index contributed by atoms with van der Waals surface area (Å²) >= 11 is 0. The SMILES string of the molecule is CC(NC(=O)c1ccc(S(=O)(=O)C(F)F)cc1)c1ccc2ccccc2c1. The molecule has 1 unspecified atom stereocenters. The lowest BCUT2D eigenvalue weighted by molar-refractivity contribution is 0.0940. The molecule has 0 radical (unpaired) electrons. The number of alkyl halides is 2. The summed E-state index contributed by atoms with van der Waals surface area (Å²) in [6, 6.07) is 17.9. The van der Waals surface area contributed by atoms with Gasteiger partial charge in [-0.1, -0.05) is 36.4 Å². The molecule has 7 heteroatoms. The van der Waals surface area contributed by atoms with Crippen molar-refractivity contribution in [1.29, 1.82) is 0 Å². The molecule has 0 heterocycles. The number of hydrogen-bond acceptors (Lipinski definition) is 3. The zero-order valence-electron chi connectivity index (χ0n) is 14.4. The summed E-state index contributed by atoms with van der Waals surface area (Å²) in [6.45, 7) is 1.83. The van der Waals surface area contributed by atoms with E-state index in [4.69, 9.17) is 0 Å². The Morgan fingerprint density at radius 2 is 1.56 bits per heavy atom. The summed E-state index contributed by atoms with van der Waals surface area (Å²) in [7, 11) is -4.67. The van der Waals surface area contributed by atoms with E-state index in [1.807, 2.05) is 49.4 Å². The quantitative estimate of drug-likeness (QED) is 0.707. The van der Waals surface area contributed by atoms with E-state index in [1.165, 1.54) is 12.1 Å². The van der Waals surface area contributed by atoms with Crippen molar-refractivity contribution in [2.24, 2.45) is 0 Å². The van der Waals surface area contributed by atoms with Gasteiger partial charge in [-0.05, 0) is 53.6 Å². The highest BCUT2D eigenvalue weighted by molar-refractivity contribution is 7.91. The van der Waals surface area contributed by atoms with Crippen LogP contribution in [-0.4, -0.2) is 20.1 Å². The van der Waals surface area contributed by atoms with Crippen molar-refractivity contribution in [3.63, 3.8) is 0 Å². The van der Waals surface area contributed by atoms with Crippen LogP contribution in [0, 0.1) is 0 Å². The fourth-order valence-electron chi connectivity index (χ4n) is 2.74. The molecule has 1 amide bonds. The molecular formula is C20H17F2NO3S. The molecule has 0 fully saturated rings. The summed E-state index contributed by atoms with van der Waals surface area (Å²) in [5, 5.41) is 4.97. The summed E-state index contributed by atoms with van der Waals surface area (Å²) in [5.74, 6) is -3.92. The van der Waals surface area contributed by atoms with Crippen LogP contribution < -0.4 is 5.32 Å². The smallest absolute Gasteiger partial charge is 0.341 e. The van der Waals surface area contributed by atoms with Gasteiger partial charge in [0.2, 0.25) is 9.84 Å². The highest BCUT2D eigenvalue weighted by Crippen LogP contribution is 2.21. The van der Waals surface area contributed by atoms with E-state index < -0.39 is 26.4 Å². The van der Waals surface area contributed by atoms with Crippen molar-refractivity contribution in [2.75, 3.05) is 0 Å². The van der Waals surface area contributed by atoms with Crippen LogP contribution in [0.4, 0.5) is 8.78 Å². The van der Waals surface area contributed by atoms with Gasteiger partial charge in [0.1, 0.15) is 0 Å². The van der Waals surface area contributed by atoms with Crippen molar-refractivity contribution < 1.29 is 22.0 Å². The summed E-state index contributed by atoms with van der Waals surface area (Å²) in [5.41, 5.74) is 1.11. The van der Waals surface area contributed by atoms with Gasteiger partial charge in [0, 0.05) is 5.56 Å². The Kier molecular flexibility index (Phi) is 5.23. The standard InChI is InChI=1S/C20H17F2NO3S/c1-13(16-7-6-14-4-2-3-5-17(14)12-16)23-19(24)15-8-10-18(11-9-15)27(25,26)20(21)22/h2-13,20H,1H3,(H,23,24). The number of amides is 1. The summed E-state index contributed by atoms with van der Waals surface area (Å²) < 4.78 is 48.0. The monoisotopic (exact) mass is 389 g/mol. The predicted octanol–water partition coefficient (Wildman–Crippen LogP) is 4.33. The topological polar surface area (TPSA) is 63.2 Å². The van der Waals surface area contributed by atoms with Gasteiger partial charge in [0.15, 0.2) is 0 Å². The largest absolute Gasteiger partial charge is 0.346 e. The van der Waals surface area contributed by atoms with E-state index in [2.05, 4.69) is 5.32 Å². The first-order valence-electron chi connectivity index (χ1n) is 8.21. The van der Waals surface area contributed by atoms with Crippen LogP contribution in [0.1, 0.15) is 28.9 Å². The Morgan fingerprint density at radius 1 is 0.926 bits per heavy atom. The molecule has 0 aliphatic rings. The number of halogens is 2. The van der Waals surface area contributed by atoms with Crippen LogP contribution in [0.15, 0.2) is 71.6 Å². The first kappa shape index (κ1) is 19.0. The molecule has 0 aliphatic heterocycles. The van der Waals surface area contributed by atoms with E-state index >= 15 is 0 Å². The minimum Gasteiger partial charge on any atom is -0.346 e. The molecule has 27 heavy (non-hydrogen) atoms. The molecular weight excluding hydrogens is 372 g/mol. The predicted molar refractivity (Wildman–Crippen MR) is 99.5 cm³/mol. The second-order valence-electron chi connectivity index (χ2n) is 6.13. The zero-order valence-corrected chi connectivity index (χ0v) is 15.2. The lowest BCUT2D eigenvalue weighted by Crippen LogP contribution is -2.26. The van der Waals surface area contributed by atoms with E-state index in [-0.39, 0.29) is 11.6 Å². The average Bonchev–Trinajstić information content (AvgIpc) is 2.67. The Bertz CT molecular complexity index is 1080. The van der Waals surface area contributed by atoms with Gasteiger partial charge in [-0.3, -0.25) is 4.79 Å². The van der Waals surface area contributed by atoms with Gasteiger partial charge >= 0.3 is 5.76 Å². The van der Waals surface area contributed by atoms with Gasteiger partial charge in [-0.15, -0.1) is 0 Å². The zero-order chi connectivity index (χ0) is 19.6. The third-order valence-electron chi connectivity index (χ3n) is 4.30. The van der Waals surface area contributed by atoms with E-state index in [1.54, 1.807) is 0 Å². The average molecular weight is 389 g/mol. The van der Waals surface area contributed by atoms with Crippen LogP contribution in [0.5, 0.6) is 0 Å². The molecule has 3 aromatic carbocycles. The number of carbonyl (C=O) groups is 1. The Hall–Kier alpha value is -2.80. The van der Waals surface area contributed by atoms with Crippen molar-refractivity contribution >= 4 is 26.5 Å². The van der Waals surface area contributed by atoms with Crippen molar-refractivity contribution in [3.05, 3.63) is 77.9 Å². The van der Waals surface area contributed by atoms with Crippen LogP contribution >= 0.6 is 0 Å². The van der Waals surface area contributed by atoms with E-state index in [0.717, 1.165) is 28.5 Å². The van der Waals surface area contributed by atoms with E-state index in [0.29, 0.717) is 0 Å². The third-order valence-corrected chi connectivity index (χ3v) is 5.70. The number of carbonyl (C=O) groups excluding carboxylic acids is 1. The number of benzene rings is 3. The Morgan fingerprint density at radius 3 is 2.19 bits per heavy atom. The number of hydrogen-bond donors (Lipinski definition) is 1. The van der Waals surface area contributed by atoms with Crippen LogP contribution in [-0.2, 0) is 9.84 Å². The molecule has 0 saturated carbocycles. The van der Waals surface area contributed by atoms with Gasteiger partial charge in [-0.25, -0.2) is 8.42 Å². The normalized spacial score (nSPS) is 12.9. The number of rotatable bonds is 5. The molecule has 0 aromatic heterocycles. The molecule has 3 aromatic rings. The molecule has 0 bridgehead atoms. The van der Waals surface area contributed by atoms with Gasteiger partial charge in [-0.2, -0.15) is 8.78 Å². The van der Waals surface area contributed by atoms with Gasteiger partial charge < -0.3 is 5.32 Å². The van der Waals surface area contributed by atoms with E-state index in [9.17, 15) is 22.0 Å². The maximum Gasteiger partial charge on any atom is 0.341 e. The second kappa shape index (κ2) is 7.44. The summed E-state index contributed by atoms with van der Waals surface area (Å²) in [6.07, 6.45) is 0. The molecule has 4 nitrogen and oxygen atoms in total. The maximum absolute atomic E-state index is 12.6. The van der Waals surface area contributed by atoms with Crippen molar-refractivity contribution in [2.45, 2.75) is 23.6 Å². The number of sulfone groups is 1. The molecule has 0 aliphatic carbocycles. The molecule has 140 valence electrons. The summed E-state index contributed by atoms with van der Waals surface area (Å²) in [4.78, 5) is 11.9. The van der Waals surface area contributed by atoms with Crippen LogP contribution in [0.2, 0.25) is 0 Å². The third kappa shape index (κ3) is 3.98. The second-order valence-corrected chi connectivity index (χ2v) is 8.05. The van der Waals surface area contributed by atoms with Crippen LogP contribution in [0.25, 0.3) is 10.8 Å². The van der Waals surface area contributed by atoms with Crippen molar-refractivity contribution in [1.82, 2.24) is 5.32 Å². The highest BCUT2D eigenvalue weighted by atomic mass is 32.2. The fourth-order valence-corrected chi connectivity index (χ4v) is 3.46. The number of nitrogens with one attached hydrogen (secondary N) is 1. The number of fused-ring (bicyclic) bond motifs is 1. The minimum absolute atomic E-state index is 0.191. The Balaban J connectivity index is 1.76. The molecule has 0 spiro atoms. The lowest BCUT2D eigenvalue weighted by atomic mass is 10.0. The minimum atomic E-state index is -4.67.